The molecule has 0 saturated carbocycles. The van der Waals surface area contributed by atoms with Crippen LogP contribution in [0.15, 0.2) is 53.6 Å². The van der Waals surface area contributed by atoms with Crippen LogP contribution >= 0.6 is 0 Å². The van der Waals surface area contributed by atoms with Gasteiger partial charge in [-0.15, -0.1) is 0 Å². The zero-order valence-corrected chi connectivity index (χ0v) is 22.1. The van der Waals surface area contributed by atoms with Crippen molar-refractivity contribution in [1.29, 1.82) is 0 Å². The second kappa shape index (κ2) is 14.5. The van der Waals surface area contributed by atoms with Gasteiger partial charge in [0.05, 0.1) is 19.4 Å². The summed E-state index contributed by atoms with van der Waals surface area (Å²) in [6.07, 6.45) is 0.723. The molecule has 0 radical (unpaired) electrons. The van der Waals surface area contributed by atoms with Crippen molar-refractivity contribution in [1.82, 2.24) is 10.7 Å². The van der Waals surface area contributed by atoms with Crippen LogP contribution in [0.1, 0.15) is 54.0 Å². The van der Waals surface area contributed by atoms with E-state index in [4.69, 9.17) is 18.9 Å². The van der Waals surface area contributed by atoms with Gasteiger partial charge in [0.15, 0.2) is 12.4 Å². The standard InChI is InChI=1S/C27H33N3O8/c1-6-36-23(31)17-37-21-13-11-19(12-14-21)24(32)22(16-35-5)29-25(33)20-9-7-18(8-10-20)15-28-30-26(34)38-27(2,3)4/h7-15,22H,6,16-17H2,1-5H3,(H,29,33)(H,30,34)/t22-/m0/s1. The highest BCUT2D eigenvalue weighted by Gasteiger charge is 2.23. The van der Waals surface area contributed by atoms with Crippen molar-refractivity contribution in [2.45, 2.75) is 39.3 Å². The highest BCUT2D eigenvalue weighted by Crippen LogP contribution is 2.14. The van der Waals surface area contributed by atoms with Crippen LogP contribution in [0.5, 0.6) is 5.75 Å². The van der Waals surface area contributed by atoms with Crippen LogP contribution in [0.4, 0.5) is 4.79 Å². The lowest BCUT2D eigenvalue weighted by atomic mass is 10.0. The maximum absolute atomic E-state index is 13.0. The molecule has 2 N–H and O–H groups in total. The maximum atomic E-state index is 13.0. The van der Waals surface area contributed by atoms with Crippen LogP contribution in [0.3, 0.4) is 0 Å². The summed E-state index contributed by atoms with van der Waals surface area (Å²) >= 11 is 0. The molecule has 2 aromatic carbocycles. The lowest BCUT2D eigenvalue weighted by Gasteiger charge is -2.18. The minimum Gasteiger partial charge on any atom is -0.482 e. The van der Waals surface area contributed by atoms with Crippen molar-refractivity contribution in [3.63, 3.8) is 0 Å². The molecule has 0 fully saturated rings. The molecule has 0 unspecified atom stereocenters. The first-order chi connectivity index (χ1) is 18.0. The summed E-state index contributed by atoms with van der Waals surface area (Å²) in [6.45, 7) is 6.91. The zero-order chi connectivity index (χ0) is 28.1. The molecule has 0 aliphatic carbocycles. The van der Waals surface area contributed by atoms with E-state index in [9.17, 15) is 19.2 Å². The van der Waals surface area contributed by atoms with E-state index in [2.05, 4.69) is 15.8 Å². The van der Waals surface area contributed by atoms with E-state index in [0.717, 1.165) is 0 Å². The number of esters is 1. The lowest BCUT2D eigenvalue weighted by Crippen LogP contribution is -2.44. The van der Waals surface area contributed by atoms with Gasteiger partial charge in [-0.2, -0.15) is 5.10 Å². The van der Waals surface area contributed by atoms with E-state index in [-0.39, 0.29) is 25.6 Å². The normalized spacial score (nSPS) is 11.9. The summed E-state index contributed by atoms with van der Waals surface area (Å²) in [5.74, 6) is -0.917. The third kappa shape index (κ3) is 10.4. The second-order valence-corrected chi connectivity index (χ2v) is 8.96. The van der Waals surface area contributed by atoms with Crippen LogP contribution in [-0.2, 0) is 19.0 Å². The second-order valence-electron chi connectivity index (χ2n) is 8.96. The Balaban J connectivity index is 1.97. The number of rotatable bonds is 12. The third-order valence-electron chi connectivity index (χ3n) is 4.70. The molecule has 0 heterocycles. The summed E-state index contributed by atoms with van der Waals surface area (Å²) in [4.78, 5) is 48.8. The van der Waals surface area contributed by atoms with Gasteiger partial charge in [-0.25, -0.2) is 15.0 Å². The number of hydrogen-bond donors (Lipinski definition) is 2. The van der Waals surface area contributed by atoms with Gasteiger partial charge in [0.1, 0.15) is 17.4 Å². The Morgan fingerprint density at radius 1 is 0.974 bits per heavy atom. The Hall–Kier alpha value is -4.25. The highest BCUT2D eigenvalue weighted by molar-refractivity contribution is 6.04. The molecule has 2 amide bonds. The molecule has 0 aliphatic heterocycles. The number of benzene rings is 2. The molecule has 38 heavy (non-hydrogen) atoms. The smallest absolute Gasteiger partial charge is 0.428 e. The largest absolute Gasteiger partial charge is 0.482 e. The molecule has 0 saturated heterocycles. The molecular weight excluding hydrogens is 494 g/mol. The number of nitrogens with zero attached hydrogens (tertiary/aromatic N) is 1. The molecule has 2 aromatic rings. The summed E-state index contributed by atoms with van der Waals surface area (Å²) in [5.41, 5.74) is 2.91. The Bertz CT molecular complexity index is 1120. The van der Waals surface area contributed by atoms with Crippen LogP contribution in [0.25, 0.3) is 0 Å². The fourth-order valence-electron chi connectivity index (χ4n) is 3.03. The summed E-state index contributed by atoms with van der Waals surface area (Å²) < 4.78 is 20.4. The Kier molecular flexibility index (Phi) is 11.4. The van der Waals surface area contributed by atoms with E-state index >= 15 is 0 Å². The highest BCUT2D eigenvalue weighted by atomic mass is 16.6. The summed E-state index contributed by atoms with van der Waals surface area (Å²) in [7, 11) is 1.43. The van der Waals surface area contributed by atoms with Crippen molar-refractivity contribution in [3.05, 3.63) is 65.2 Å². The van der Waals surface area contributed by atoms with Crippen LogP contribution in [0.2, 0.25) is 0 Å². The number of amides is 2. The molecule has 0 aliphatic rings. The van der Waals surface area contributed by atoms with E-state index in [1.54, 1.807) is 64.1 Å². The van der Waals surface area contributed by atoms with E-state index in [0.29, 0.717) is 22.4 Å². The number of carbonyl (C=O) groups is 4. The van der Waals surface area contributed by atoms with Gasteiger partial charge in [0.2, 0.25) is 0 Å². The molecule has 204 valence electrons. The molecular formula is C27H33N3O8. The molecule has 11 nitrogen and oxygen atoms in total. The first-order valence-electron chi connectivity index (χ1n) is 11.9. The summed E-state index contributed by atoms with van der Waals surface area (Å²) in [6, 6.07) is 11.6. The third-order valence-corrected chi connectivity index (χ3v) is 4.70. The number of methoxy groups -OCH3 is 1. The van der Waals surface area contributed by atoms with Crippen molar-refractivity contribution in [2.24, 2.45) is 5.10 Å². The average molecular weight is 528 g/mol. The summed E-state index contributed by atoms with van der Waals surface area (Å²) in [5, 5.41) is 6.51. The fraction of sp³-hybridized carbons (Fsp3) is 0.370. The van der Waals surface area contributed by atoms with E-state index < -0.39 is 29.6 Å². The van der Waals surface area contributed by atoms with Gasteiger partial charge < -0.3 is 24.3 Å². The Morgan fingerprint density at radius 2 is 1.61 bits per heavy atom. The molecule has 0 bridgehead atoms. The number of nitrogens with one attached hydrogen (secondary N) is 2. The quantitative estimate of drug-likeness (QED) is 0.186. The molecule has 11 heteroatoms. The lowest BCUT2D eigenvalue weighted by molar-refractivity contribution is -0.145. The predicted molar refractivity (Wildman–Crippen MR) is 139 cm³/mol. The molecule has 2 rings (SSSR count). The first-order valence-corrected chi connectivity index (χ1v) is 11.9. The Labute approximate surface area is 221 Å². The van der Waals surface area contributed by atoms with E-state index in [1.165, 1.54) is 25.5 Å². The van der Waals surface area contributed by atoms with Gasteiger partial charge in [0, 0.05) is 18.2 Å². The number of Topliss-reactive ketones (excluding diaryl/α,β-unsaturated/α-hetero) is 1. The van der Waals surface area contributed by atoms with Crippen molar-refractivity contribution >= 4 is 30.0 Å². The minimum atomic E-state index is -0.932. The monoisotopic (exact) mass is 527 g/mol. The topological polar surface area (TPSA) is 142 Å². The number of carbonyl (C=O) groups excluding carboxylic acids is 4. The molecule has 1 atom stereocenters. The van der Waals surface area contributed by atoms with Gasteiger partial charge >= 0.3 is 12.1 Å². The van der Waals surface area contributed by atoms with Crippen molar-refractivity contribution < 1.29 is 38.1 Å². The van der Waals surface area contributed by atoms with Gasteiger partial charge in [-0.1, -0.05) is 12.1 Å². The van der Waals surface area contributed by atoms with Gasteiger partial charge in [-0.3, -0.25) is 9.59 Å². The van der Waals surface area contributed by atoms with Crippen LogP contribution in [-0.4, -0.2) is 68.5 Å². The first kappa shape index (κ1) is 30.0. The van der Waals surface area contributed by atoms with Crippen LogP contribution < -0.4 is 15.5 Å². The number of ketones is 1. The molecule has 0 spiro atoms. The molecule has 0 aromatic heterocycles. The number of hydrogen-bond acceptors (Lipinski definition) is 9. The van der Waals surface area contributed by atoms with Crippen molar-refractivity contribution in [2.75, 3.05) is 26.9 Å². The number of hydrazone groups is 1. The SMILES string of the molecule is CCOC(=O)COc1ccc(C(=O)[C@H](COC)NC(=O)c2ccc(C=NNC(=O)OC(C)(C)C)cc2)cc1. The zero-order valence-electron chi connectivity index (χ0n) is 22.1. The van der Waals surface area contributed by atoms with Crippen LogP contribution in [0, 0.1) is 0 Å². The van der Waals surface area contributed by atoms with E-state index in [1.807, 2.05) is 0 Å². The number of ether oxygens (including phenoxy) is 4. The minimum absolute atomic E-state index is 0.0350. The maximum Gasteiger partial charge on any atom is 0.428 e. The Morgan fingerprint density at radius 3 is 2.18 bits per heavy atom. The average Bonchev–Trinajstić information content (AvgIpc) is 2.86. The van der Waals surface area contributed by atoms with Gasteiger partial charge in [0.25, 0.3) is 5.91 Å². The van der Waals surface area contributed by atoms with Crippen molar-refractivity contribution in [3.8, 4) is 5.75 Å². The predicted octanol–water partition coefficient (Wildman–Crippen LogP) is 3.11. The van der Waals surface area contributed by atoms with Gasteiger partial charge in [-0.05, 0) is 69.7 Å². The fourth-order valence-corrected chi connectivity index (χ4v) is 3.03.